The largest absolute Gasteiger partial charge is 0.497 e. The molecule has 0 radical (unpaired) electrons. The first kappa shape index (κ1) is 33.7. The molecule has 244 valence electrons. The Morgan fingerprint density at radius 2 is 1.66 bits per heavy atom. The number of nitrogens with one attached hydrogen (secondary N) is 2. The molecular formula is C35H36N4O6S2. The number of sulfonamides is 1. The quantitative estimate of drug-likeness (QED) is 0.219. The van der Waals surface area contributed by atoms with Gasteiger partial charge in [-0.15, -0.1) is 11.8 Å². The van der Waals surface area contributed by atoms with Crippen molar-refractivity contribution in [2.24, 2.45) is 5.73 Å². The number of thioether (sulfide) groups is 1. The van der Waals surface area contributed by atoms with E-state index in [-0.39, 0.29) is 35.2 Å². The van der Waals surface area contributed by atoms with Crippen molar-refractivity contribution in [2.45, 2.75) is 48.2 Å². The lowest BCUT2D eigenvalue weighted by atomic mass is 10.0. The van der Waals surface area contributed by atoms with Crippen LogP contribution in [0.15, 0.2) is 107 Å². The van der Waals surface area contributed by atoms with Crippen LogP contribution in [0.25, 0.3) is 11.1 Å². The summed E-state index contributed by atoms with van der Waals surface area (Å²) in [6.45, 7) is 3.70. The van der Waals surface area contributed by atoms with E-state index in [1.807, 2.05) is 24.3 Å². The fraction of sp³-hybridized carbons (Fsp3) is 0.229. The van der Waals surface area contributed by atoms with Crippen molar-refractivity contribution in [3.8, 4) is 16.9 Å². The van der Waals surface area contributed by atoms with Gasteiger partial charge >= 0.3 is 0 Å². The van der Waals surface area contributed by atoms with Crippen LogP contribution in [0.3, 0.4) is 0 Å². The van der Waals surface area contributed by atoms with Crippen molar-refractivity contribution in [3.63, 3.8) is 0 Å². The van der Waals surface area contributed by atoms with E-state index in [2.05, 4.69) is 10.0 Å². The van der Waals surface area contributed by atoms with E-state index in [1.165, 1.54) is 30.0 Å². The van der Waals surface area contributed by atoms with Crippen LogP contribution < -0.4 is 25.4 Å². The van der Waals surface area contributed by atoms with Crippen LogP contribution in [0.4, 0.5) is 5.69 Å². The van der Waals surface area contributed by atoms with Gasteiger partial charge < -0.3 is 20.7 Å². The lowest BCUT2D eigenvalue weighted by Crippen LogP contribution is -2.51. The maximum atomic E-state index is 13.9. The van der Waals surface area contributed by atoms with E-state index >= 15 is 0 Å². The van der Waals surface area contributed by atoms with Gasteiger partial charge in [0.2, 0.25) is 5.91 Å². The number of hydrogen-bond acceptors (Lipinski definition) is 8. The summed E-state index contributed by atoms with van der Waals surface area (Å²) in [6, 6.07) is 26.4. The Morgan fingerprint density at radius 3 is 2.34 bits per heavy atom. The third kappa shape index (κ3) is 8.20. The smallest absolute Gasteiger partial charge is 0.264 e. The van der Waals surface area contributed by atoms with Crippen LogP contribution in [0, 0.1) is 0 Å². The standard InChI is InChI=1S/C35H36N4O6S2/c1-35(2,36)20-32(40)37-28-22-46-30-19-26(45-3)17-18-29(30)39(34(28)42)21-23-13-15-24(16-14-23)27-11-7-8-12-31(27)47(43,44)38-33(41)25-9-5-4-6-10-25/h4-19,28H,20-22,36H2,1-3H3,(H,37,40)(H,38,41)/t28-/m1/s1. The van der Waals surface area contributed by atoms with E-state index < -0.39 is 27.5 Å². The molecule has 0 bridgehead atoms. The summed E-state index contributed by atoms with van der Waals surface area (Å²) in [5.41, 5.74) is 8.03. The molecule has 0 spiro atoms. The highest BCUT2D eigenvalue weighted by Gasteiger charge is 2.33. The number of nitrogens with two attached hydrogens (primary N) is 1. The second kappa shape index (κ2) is 14.0. The lowest BCUT2D eigenvalue weighted by molar-refractivity contribution is -0.127. The zero-order chi connectivity index (χ0) is 33.8. The Hall–Kier alpha value is -4.65. The third-order valence-corrected chi connectivity index (χ3v) is 9.95. The first-order valence-electron chi connectivity index (χ1n) is 14.9. The van der Waals surface area contributed by atoms with Crippen molar-refractivity contribution in [2.75, 3.05) is 17.8 Å². The molecule has 3 amide bonds. The second-order valence-corrected chi connectivity index (χ2v) is 14.6. The fourth-order valence-electron chi connectivity index (χ4n) is 5.17. The summed E-state index contributed by atoms with van der Waals surface area (Å²) < 4.78 is 34.2. The van der Waals surface area contributed by atoms with Gasteiger partial charge in [0.05, 0.1) is 24.2 Å². The topological polar surface area (TPSA) is 148 Å². The van der Waals surface area contributed by atoms with Gasteiger partial charge in [-0.25, -0.2) is 13.1 Å². The van der Waals surface area contributed by atoms with Crippen LogP contribution in [0.1, 0.15) is 36.2 Å². The molecule has 0 fully saturated rings. The van der Waals surface area contributed by atoms with Gasteiger partial charge in [-0.05, 0) is 61.4 Å². The summed E-state index contributed by atoms with van der Waals surface area (Å²) in [4.78, 5) is 41.8. The van der Waals surface area contributed by atoms with Crippen LogP contribution in [0.2, 0.25) is 0 Å². The molecular weight excluding hydrogens is 637 g/mol. The Kier molecular flexibility index (Phi) is 10.0. The van der Waals surface area contributed by atoms with Crippen molar-refractivity contribution < 1.29 is 27.5 Å². The number of carbonyl (C=O) groups excluding carboxylic acids is 3. The highest BCUT2D eigenvalue weighted by molar-refractivity contribution is 7.99. The van der Waals surface area contributed by atoms with Crippen LogP contribution in [0.5, 0.6) is 5.75 Å². The van der Waals surface area contributed by atoms with Gasteiger partial charge in [0, 0.05) is 33.7 Å². The average Bonchev–Trinajstić information content (AvgIpc) is 3.16. The van der Waals surface area contributed by atoms with Gasteiger partial charge in [-0.2, -0.15) is 0 Å². The highest BCUT2D eigenvalue weighted by atomic mass is 32.2. The molecule has 0 saturated carbocycles. The maximum Gasteiger partial charge on any atom is 0.264 e. The van der Waals surface area contributed by atoms with Crippen LogP contribution in [-0.2, 0) is 26.2 Å². The number of nitrogens with zero attached hydrogens (tertiary/aromatic N) is 1. The molecule has 4 N–H and O–H groups in total. The lowest BCUT2D eigenvalue weighted by Gasteiger charge is -2.27. The van der Waals surface area contributed by atoms with Crippen molar-refractivity contribution in [3.05, 3.63) is 108 Å². The minimum Gasteiger partial charge on any atom is -0.497 e. The molecule has 1 aliphatic rings. The highest BCUT2D eigenvalue weighted by Crippen LogP contribution is 2.38. The molecule has 1 heterocycles. The van der Waals surface area contributed by atoms with E-state index in [0.29, 0.717) is 28.3 Å². The van der Waals surface area contributed by atoms with E-state index in [1.54, 1.807) is 80.5 Å². The van der Waals surface area contributed by atoms with Crippen molar-refractivity contribution in [1.29, 1.82) is 0 Å². The summed E-state index contributed by atoms with van der Waals surface area (Å²) in [5.74, 6) is -0.321. The molecule has 0 unspecified atom stereocenters. The Labute approximate surface area is 278 Å². The van der Waals surface area contributed by atoms with E-state index in [0.717, 1.165) is 10.5 Å². The van der Waals surface area contributed by atoms with Gasteiger partial charge in [-0.1, -0.05) is 60.7 Å². The van der Waals surface area contributed by atoms with Gasteiger partial charge in [0.1, 0.15) is 11.8 Å². The number of carbonyl (C=O) groups is 3. The maximum absolute atomic E-state index is 13.9. The first-order chi connectivity index (χ1) is 22.3. The molecule has 1 aliphatic heterocycles. The predicted octanol–water partition coefficient (Wildman–Crippen LogP) is 4.73. The predicted molar refractivity (Wildman–Crippen MR) is 183 cm³/mol. The molecule has 0 aliphatic carbocycles. The Balaban J connectivity index is 1.41. The second-order valence-electron chi connectivity index (χ2n) is 11.8. The zero-order valence-corrected chi connectivity index (χ0v) is 27.9. The number of hydrogen-bond donors (Lipinski definition) is 3. The monoisotopic (exact) mass is 672 g/mol. The number of rotatable bonds is 10. The average molecular weight is 673 g/mol. The summed E-state index contributed by atoms with van der Waals surface area (Å²) >= 11 is 1.46. The van der Waals surface area contributed by atoms with Crippen molar-refractivity contribution >= 4 is 45.2 Å². The van der Waals surface area contributed by atoms with Crippen LogP contribution >= 0.6 is 11.8 Å². The molecule has 47 heavy (non-hydrogen) atoms. The number of amides is 3. The molecule has 0 saturated heterocycles. The number of benzene rings is 4. The SMILES string of the molecule is COc1ccc2c(c1)SC[C@@H](NC(=O)CC(C)(C)N)C(=O)N2Cc1ccc(-c2ccccc2S(=O)(=O)NC(=O)c2ccccc2)cc1. The fourth-order valence-corrected chi connectivity index (χ4v) is 7.48. The molecule has 0 aromatic heterocycles. The molecule has 4 aromatic carbocycles. The Morgan fingerprint density at radius 1 is 0.979 bits per heavy atom. The summed E-state index contributed by atoms with van der Waals surface area (Å²) in [7, 11) is -2.63. The minimum atomic E-state index is -4.20. The first-order valence-corrected chi connectivity index (χ1v) is 17.3. The molecule has 5 rings (SSSR count). The summed E-state index contributed by atoms with van der Waals surface area (Å²) in [6.07, 6.45) is 0.0663. The van der Waals surface area contributed by atoms with Crippen LogP contribution in [-0.4, -0.2) is 50.6 Å². The number of ether oxygens (including phenoxy) is 1. The van der Waals surface area contributed by atoms with E-state index in [4.69, 9.17) is 10.5 Å². The normalized spacial score (nSPS) is 14.9. The zero-order valence-electron chi connectivity index (χ0n) is 26.2. The summed E-state index contributed by atoms with van der Waals surface area (Å²) in [5, 5.41) is 2.87. The van der Waals surface area contributed by atoms with Gasteiger partial charge in [0.25, 0.3) is 21.8 Å². The molecule has 10 nitrogen and oxygen atoms in total. The molecule has 12 heteroatoms. The van der Waals surface area contributed by atoms with Gasteiger partial charge in [-0.3, -0.25) is 14.4 Å². The Bertz CT molecular complexity index is 1890. The van der Waals surface area contributed by atoms with E-state index in [9.17, 15) is 22.8 Å². The number of anilines is 1. The van der Waals surface area contributed by atoms with Gasteiger partial charge in [0.15, 0.2) is 0 Å². The number of fused-ring (bicyclic) bond motifs is 1. The van der Waals surface area contributed by atoms with Crippen molar-refractivity contribution in [1.82, 2.24) is 10.0 Å². The molecule has 1 atom stereocenters. The third-order valence-electron chi connectivity index (χ3n) is 7.42. The minimum absolute atomic E-state index is 0.0427. The number of methoxy groups -OCH3 is 1. The molecule has 4 aromatic rings.